The van der Waals surface area contributed by atoms with Gasteiger partial charge in [0.15, 0.2) is 0 Å². The Balaban J connectivity index is 1.19. The highest BCUT2D eigenvalue weighted by molar-refractivity contribution is 7.98. The van der Waals surface area contributed by atoms with E-state index < -0.39 is 0 Å². The first-order valence-electron chi connectivity index (χ1n) is 16.5. The third-order valence-corrected chi connectivity index (χ3v) is 14.7. The van der Waals surface area contributed by atoms with Gasteiger partial charge in [0.2, 0.25) is 0 Å². The van der Waals surface area contributed by atoms with Crippen molar-refractivity contribution in [2.24, 2.45) is 4.99 Å². The number of thioether (sulfide) groups is 1. The number of hydrogen-bond acceptors (Lipinski definition) is 5. The van der Waals surface area contributed by atoms with Crippen molar-refractivity contribution in [2.45, 2.75) is 23.5 Å². The molecule has 9 aromatic rings. The fourth-order valence-electron chi connectivity index (χ4n) is 7.54. The second-order valence-corrected chi connectivity index (χ2v) is 16.7. The van der Waals surface area contributed by atoms with Crippen LogP contribution in [0.4, 0.5) is 5.69 Å². The molecule has 49 heavy (non-hydrogen) atoms. The number of aryl methyl sites for hydroxylation is 1. The van der Waals surface area contributed by atoms with E-state index in [1.165, 1.54) is 88.0 Å². The van der Waals surface area contributed by atoms with E-state index >= 15 is 0 Å². The fraction of sp³-hybridized carbons (Fsp3) is 0.0682. The Morgan fingerprint density at radius 2 is 1.18 bits per heavy atom. The fourth-order valence-corrected chi connectivity index (χ4v) is 12.6. The van der Waals surface area contributed by atoms with E-state index in [4.69, 9.17) is 4.99 Å². The summed E-state index contributed by atoms with van der Waals surface area (Å²) in [6.45, 7) is 4.22. The van der Waals surface area contributed by atoms with Crippen molar-refractivity contribution in [3.8, 4) is 22.3 Å². The zero-order valence-corrected chi connectivity index (χ0v) is 29.8. The molecule has 1 aliphatic rings. The quantitative estimate of drug-likeness (QED) is 0.124. The van der Waals surface area contributed by atoms with Gasteiger partial charge in [0.05, 0.1) is 5.69 Å². The summed E-state index contributed by atoms with van der Waals surface area (Å²) in [4.78, 5) is 7.48. The van der Waals surface area contributed by atoms with E-state index in [1.54, 1.807) is 0 Å². The van der Waals surface area contributed by atoms with Crippen molar-refractivity contribution in [1.82, 2.24) is 0 Å². The highest BCUT2D eigenvalue weighted by Crippen LogP contribution is 2.51. The number of fused-ring (bicyclic) bond motifs is 9. The average molecular weight is 700 g/mol. The molecular formula is C44H29NS4. The molecule has 0 bridgehead atoms. The molecule has 0 N–H and O–H groups in total. The minimum atomic E-state index is 0.856. The number of hydrogen-bond donors (Lipinski definition) is 0. The lowest BCUT2D eigenvalue weighted by atomic mass is 9.96. The highest BCUT2D eigenvalue weighted by Gasteiger charge is 2.22. The van der Waals surface area contributed by atoms with E-state index in [-0.39, 0.29) is 0 Å². The molecule has 0 unspecified atom stereocenters. The van der Waals surface area contributed by atoms with Crippen LogP contribution >= 0.6 is 45.8 Å². The summed E-state index contributed by atoms with van der Waals surface area (Å²) in [5.74, 6) is 0.856. The first-order chi connectivity index (χ1) is 24.3. The molecule has 6 aromatic carbocycles. The Bertz CT molecular complexity index is 2810. The number of allylic oxidation sites excluding steroid dienone is 1. The van der Waals surface area contributed by atoms with Gasteiger partial charge in [-0.15, -0.1) is 45.8 Å². The van der Waals surface area contributed by atoms with Gasteiger partial charge >= 0.3 is 0 Å². The second-order valence-electron chi connectivity index (χ2n) is 12.5. The van der Waals surface area contributed by atoms with Gasteiger partial charge in [0, 0.05) is 77.3 Å². The minimum absolute atomic E-state index is 0.856. The number of nitrogens with zero attached hydrogens (tertiary/aromatic N) is 1. The van der Waals surface area contributed by atoms with Crippen molar-refractivity contribution in [2.75, 3.05) is 0 Å². The first kappa shape index (κ1) is 29.4. The van der Waals surface area contributed by atoms with Crippen LogP contribution in [0.15, 0.2) is 131 Å². The van der Waals surface area contributed by atoms with Crippen molar-refractivity contribution >= 4 is 115 Å². The number of rotatable bonds is 6. The smallest absolute Gasteiger partial charge is 0.0843 e. The Kier molecular flexibility index (Phi) is 7.09. The molecule has 1 nitrogen and oxygen atoms in total. The third-order valence-electron chi connectivity index (χ3n) is 9.81. The van der Waals surface area contributed by atoms with Gasteiger partial charge in [-0.05, 0) is 59.8 Å². The lowest BCUT2D eigenvalue weighted by molar-refractivity contribution is 1.01. The predicted octanol–water partition coefficient (Wildman–Crippen LogP) is 14.6. The number of aliphatic imine (C=N–C) groups is 1. The zero-order chi connectivity index (χ0) is 32.5. The molecule has 0 atom stereocenters. The van der Waals surface area contributed by atoms with Crippen LogP contribution in [0.3, 0.4) is 0 Å². The molecule has 5 heteroatoms. The van der Waals surface area contributed by atoms with Crippen LogP contribution in [-0.4, -0.2) is 6.72 Å². The van der Waals surface area contributed by atoms with Gasteiger partial charge in [-0.1, -0.05) is 109 Å². The molecule has 0 radical (unpaired) electrons. The molecular weight excluding hydrogens is 671 g/mol. The van der Waals surface area contributed by atoms with Crippen LogP contribution in [0, 0.1) is 0 Å². The normalized spacial score (nSPS) is 12.9. The van der Waals surface area contributed by atoms with E-state index in [9.17, 15) is 0 Å². The summed E-state index contributed by atoms with van der Waals surface area (Å²) in [6, 6.07) is 42.5. The topological polar surface area (TPSA) is 12.4 Å². The predicted molar refractivity (Wildman–Crippen MR) is 221 cm³/mol. The van der Waals surface area contributed by atoms with Crippen LogP contribution in [0.5, 0.6) is 0 Å². The Morgan fingerprint density at radius 3 is 1.90 bits per heavy atom. The summed E-state index contributed by atoms with van der Waals surface area (Å²) >= 11 is 7.60. The molecule has 0 saturated heterocycles. The maximum atomic E-state index is 4.87. The lowest BCUT2D eigenvalue weighted by Gasteiger charge is -2.18. The molecule has 0 amide bonds. The van der Waals surface area contributed by atoms with Crippen molar-refractivity contribution < 1.29 is 0 Å². The molecule has 0 spiro atoms. The van der Waals surface area contributed by atoms with E-state index in [0.717, 1.165) is 29.8 Å². The molecule has 0 fully saturated rings. The van der Waals surface area contributed by atoms with Crippen LogP contribution < -0.4 is 0 Å². The van der Waals surface area contributed by atoms with Gasteiger partial charge in [-0.25, -0.2) is 0 Å². The Labute approximate surface area is 300 Å². The van der Waals surface area contributed by atoms with E-state index in [0.29, 0.717) is 0 Å². The summed E-state index contributed by atoms with van der Waals surface area (Å²) in [7, 11) is 0. The van der Waals surface area contributed by atoms with Gasteiger partial charge in [-0.2, -0.15) is 0 Å². The zero-order valence-electron chi connectivity index (χ0n) is 26.5. The van der Waals surface area contributed by atoms with Crippen molar-refractivity contribution in [1.29, 1.82) is 0 Å². The molecule has 3 aromatic heterocycles. The Hall–Kier alpha value is -4.52. The number of benzene rings is 6. The average Bonchev–Trinajstić information content (AvgIpc) is 3.85. The van der Waals surface area contributed by atoms with Crippen LogP contribution in [0.25, 0.3) is 78.8 Å². The molecule has 0 aliphatic heterocycles. The molecule has 10 rings (SSSR count). The number of thiophene rings is 3. The second kappa shape index (κ2) is 11.8. The summed E-state index contributed by atoms with van der Waals surface area (Å²) in [5.41, 5.74) is 8.69. The summed E-state index contributed by atoms with van der Waals surface area (Å²) in [6.07, 6.45) is 6.89. The monoisotopic (exact) mass is 699 g/mol. The molecule has 1 aliphatic carbocycles. The third kappa shape index (κ3) is 4.68. The van der Waals surface area contributed by atoms with Gasteiger partial charge in [0.1, 0.15) is 0 Å². The van der Waals surface area contributed by atoms with Crippen molar-refractivity contribution in [3.63, 3.8) is 0 Å². The Morgan fingerprint density at radius 1 is 0.571 bits per heavy atom. The molecule has 3 heterocycles. The summed E-state index contributed by atoms with van der Waals surface area (Å²) in [5, 5.41) is 6.65. The largest absolute Gasteiger partial charge is 0.263 e. The molecule has 234 valence electrons. The van der Waals surface area contributed by atoms with Crippen LogP contribution in [0.2, 0.25) is 0 Å². The molecule has 0 saturated carbocycles. The van der Waals surface area contributed by atoms with E-state index in [2.05, 4.69) is 134 Å². The standard InChI is InChI=1S/C44H29NS4/c1-45-40-30(34-18-9-16-32-28-13-3-6-21-38(28)48-42(32)34)23-24-36(35-19-10-17-33-29-14-4-7-22-39(29)49-43(33)35)44(40)46-25-26-11-8-15-31-27-12-2-5-20-37(27)47-41(26)31/h3-11,13-24H,1-2,12,25H2. The highest BCUT2D eigenvalue weighted by atomic mass is 32.2. The summed E-state index contributed by atoms with van der Waals surface area (Å²) < 4.78 is 6.66. The van der Waals surface area contributed by atoms with Crippen molar-refractivity contribution in [3.05, 3.63) is 137 Å². The first-order valence-corrected chi connectivity index (χ1v) is 20.0. The van der Waals surface area contributed by atoms with Gasteiger partial charge < -0.3 is 0 Å². The lowest BCUT2D eigenvalue weighted by Crippen LogP contribution is -1.91. The van der Waals surface area contributed by atoms with Gasteiger partial charge in [-0.3, -0.25) is 4.99 Å². The van der Waals surface area contributed by atoms with Crippen LogP contribution in [-0.2, 0) is 12.2 Å². The van der Waals surface area contributed by atoms with Crippen LogP contribution in [0.1, 0.15) is 22.4 Å². The van der Waals surface area contributed by atoms with Gasteiger partial charge in [0.25, 0.3) is 0 Å². The SMILES string of the molecule is C=Nc1c(-c2cccc3c2sc2ccccc23)ccc(-c2cccc3c2sc2ccccc23)c1SCc1cccc2c3c(sc12)C=CCC3. The van der Waals surface area contributed by atoms with E-state index in [1.807, 2.05) is 45.8 Å². The maximum absolute atomic E-state index is 4.87. The minimum Gasteiger partial charge on any atom is -0.263 e. The maximum Gasteiger partial charge on any atom is 0.0843 e.